The maximum atomic E-state index is 12.3. The van der Waals surface area contributed by atoms with Crippen molar-refractivity contribution in [3.05, 3.63) is 29.8 Å². The first-order chi connectivity index (χ1) is 10.0. The molecule has 2 aliphatic rings. The summed E-state index contributed by atoms with van der Waals surface area (Å²) in [6, 6.07) is 8.64. The molecule has 1 aromatic carbocycles. The molecule has 122 valence electrons. The van der Waals surface area contributed by atoms with Crippen molar-refractivity contribution >= 4 is 24.1 Å². The van der Waals surface area contributed by atoms with Gasteiger partial charge >= 0.3 is 5.97 Å². The Bertz CT molecular complexity index is 506. The molecule has 2 aliphatic heterocycles. The van der Waals surface area contributed by atoms with E-state index in [-0.39, 0.29) is 30.4 Å². The summed E-state index contributed by atoms with van der Waals surface area (Å²) < 4.78 is 5.77. The van der Waals surface area contributed by atoms with E-state index >= 15 is 0 Å². The first kappa shape index (κ1) is 17.1. The molecule has 22 heavy (non-hydrogen) atoms. The summed E-state index contributed by atoms with van der Waals surface area (Å²) in [4.78, 5) is 14.8. The molecule has 3 atom stereocenters. The molecule has 5 heteroatoms. The zero-order chi connectivity index (χ0) is 15.0. The zero-order valence-corrected chi connectivity index (χ0v) is 14.0. The monoisotopic (exact) mass is 324 g/mol. The molecule has 3 rings (SSSR count). The van der Waals surface area contributed by atoms with E-state index in [1.807, 2.05) is 31.2 Å². The highest BCUT2D eigenvalue weighted by Crippen LogP contribution is 2.36. The standard InChI is InChI=1S/C17H24N2O2.ClH/c1-11(12-3-5-13(18)6-4-12)17(20)21-16-9-14-7-8-15(10-16)19(14)2;/h3-6,11,14-16H,7-10,18H2,1-2H3;1H. The highest BCUT2D eigenvalue weighted by molar-refractivity contribution is 5.85. The number of nitrogens with zero attached hydrogens (tertiary/aromatic N) is 1. The van der Waals surface area contributed by atoms with Crippen molar-refractivity contribution in [2.24, 2.45) is 0 Å². The van der Waals surface area contributed by atoms with E-state index < -0.39 is 0 Å². The number of nitrogens with two attached hydrogens (primary N) is 1. The Morgan fingerprint density at radius 2 is 1.77 bits per heavy atom. The van der Waals surface area contributed by atoms with Crippen LogP contribution in [-0.2, 0) is 9.53 Å². The van der Waals surface area contributed by atoms with Crippen LogP contribution in [-0.4, -0.2) is 36.1 Å². The lowest BCUT2D eigenvalue weighted by molar-refractivity contribution is -0.153. The molecule has 0 amide bonds. The highest BCUT2D eigenvalue weighted by Gasteiger charge is 2.40. The zero-order valence-electron chi connectivity index (χ0n) is 13.2. The van der Waals surface area contributed by atoms with E-state index in [9.17, 15) is 4.79 Å². The lowest BCUT2D eigenvalue weighted by atomic mass is 9.99. The third-order valence-corrected chi connectivity index (χ3v) is 5.13. The molecule has 0 saturated carbocycles. The van der Waals surface area contributed by atoms with E-state index in [0.717, 1.165) is 18.4 Å². The lowest BCUT2D eigenvalue weighted by Crippen LogP contribution is -2.43. The van der Waals surface area contributed by atoms with Crippen molar-refractivity contribution < 1.29 is 9.53 Å². The maximum absolute atomic E-state index is 12.3. The molecule has 2 bridgehead atoms. The number of anilines is 1. The predicted molar refractivity (Wildman–Crippen MR) is 90.2 cm³/mol. The number of benzene rings is 1. The number of hydrogen-bond acceptors (Lipinski definition) is 4. The van der Waals surface area contributed by atoms with Gasteiger partial charge in [-0.2, -0.15) is 0 Å². The summed E-state index contributed by atoms with van der Waals surface area (Å²) in [7, 11) is 2.19. The van der Waals surface area contributed by atoms with Crippen LogP contribution >= 0.6 is 12.4 Å². The van der Waals surface area contributed by atoms with Crippen LogP contribution in [0.15, 0.2) is 24.3 Å². The van der Waals surface area contributed by atoms with E-state index in [4.69, 9.17) is 10.5 Å². The van der Waals surface area contributed by atoms with Gasteiger partial charge in [0.25, 0.3) is 0 Å². The Hall–Kier alpha value is -1.26. The Morgan fingerprint density at radius 3 is 2.32 bits per heavy atom. The molecule has 2 heterocycles. The average Bonchev–Trinajstić information content (AvgIpc) is 2.69. The van der Waals surface area contributed by atoms with E-state index in [0.29, 0.717) is 17.8 Å². The molecule has 4 nitrogen and oxygen atoms in total. The number of nitrogen functional groups attached to an aromatic ring is 1. The van der Waals surface area contributed by atoms with Crippen LogP contribution in [0.1, 0.15) is 44.1 Å². The van der Waals surface area contributed by atoms with Gasteiger partial charge in [0.1, 0.15) is 6.10 Å². The number of esters is 1. The van der Waals surface area contributed by atoms with Gasteiger partial charge in [-0.25, -0.2) is 0 Å². The Kier molecular flexibility index (Phi) is 5.35. The number of piperidine rings is 1. The van der Waals surface area contributed by atoms with Crippen LogP contribution in [0.3, 0.4) is 0 Å². The van der Waals surface area contributed by atoms with Gasteiger partial charge in [-0.05, 0) is 57.4 Å². The van der Waals surface area contributed by atoms with Crippen molar-refractivity contribution in [1.29, 1.82) is 0 Å². The minimum absolute atomic E-state index is 0. The lowest BCUT2D eigenvalue weighted by Gasteiger charge is -2.36. The van der Waals surface area contributed by atoms with Crippen molar-refractivity contribution in [3.63, 3.8) is 0 Å². The number of carbonyl (C=O) groups is 1. The minimum Gasteiger partial charge on any atom is -0.462 e. The maximum Gasteiger partial charge on any atom is 0.313 e. The normalized spacial score (nSPS) is 28.7. The second-order valence-corrected chi connectivity index (χ2v) is 6.47. The Morgan fingerprint density at radius 1 is 1.23 bits per heavy atom. The largest absolute Gasteiger partial charge is 0.462 e. The summed E-state index contributed by atoms with van der Waals surface area (Å²) in [5.74, 6) is -0.350. The SMILES string of the molecule is CC(C(=O)OC1CC2CCC(C1)N2C)c1ccc(N)cc1.Cl. The molecule has 0 spiro atoms. The second-order valence-electron chi connectivity index (χ2n) is 6.47. The number of carbonyl (C=O) groups excluding carboxylic acids is 1. The van der Waals surface area contributed by atoms with E-state index in [2.05, 4.69) is 11.9 Å². The molecule has 2 saturated heterocycles. The van der Waals surface area contributed by atoms with Gasteiger partial charge in [0, 0.05) is 17.8 Å². The van der Waals surface area contributed by atoms with Crippen molar-refractivity contribution in [2.75, 3.05) is 12.8 Å². The van der Waals surface area contributed by atoms with Gasteiger partial charge in [0.15, 0.2) is 0 Å². The number of fused-ring (bicyclic) bond motifs is 2. The van der Waals surface area contributed by atoms with Crippen LogP contribution in [0.2, 0.25) is 0 Å². The fourth-order valence-corrected chi connectivity index (χ4v) is 3.64. The summed E-state index contributed by atoms with van der Waals surface area (Å²) >= 11 is 0. The molecule has 0 aromatic heterocycles. The average molecular weight is 325 g/mol. The molecule has 0 radical (unpaired) electrons. The van der Waals surface area contributed by atoms with Gasteiger partial charge in [-0.3, -0.25) is 4.79 Å². The van der Waals surface area contributed by atoms with Gasteiger partial charge in [0.2, 0.25) is 0 Å². The summed E-state index contributed by atoms with van der Waals surface area (Å²) in [6.07, 6.45) is 4.52. The third-order valence-electron chi connectivity index (χ3n) is 5.13. The molecular formula is C17H25ClN2O2. The molecule has 1 aromatic rings. The molecule has 2 fully saturated rings. The number of halogens is 1. The molecular weight excluding hydrogens is 300 g/mol. The second kappa shape index (κ2) is 6.88. The summed E-state index contributed by atoms with van der Waals surface area (Å²) in [5, 5.41) is 0. The number of ether oxygens (including phenoxy) is 1. The predicted octanol–water partition coefficient (Wildman–Crippen LogP) is 2.96. The number of rotatable bonds is 3. The Balaban J connectivity index is 0.00000176. The Labute approximate surface area is 138 Å². The fourth-order valence-electron chi connectivity index (χ4n) is 3.64. The van der Waals surface area contributed by atoms with E-state index in [1.54, 1.807) is 0 Å². The molecule has 0 aliphatic carbocycles. The quantitative estimate of drug-likeness (QED) is 0.686. The molecule has 3 unspecified atom stereocenters. The van der Waals surface area contributed by atoms with Crippen LogP contribution in [0.4, 0.5) is 5.69 Å². The topological polar surface area (TPSA) is 55.6 Å². The highest BCUT2D eigenvalue weighted by atomic mass is 35.5. The van der Waals surface area contributed by atoms with Crippen molar-refractivity contribution in [3.8, 4) is 0 Å². The van der Waals surface area contributed by atoms with Gasteiger partial charge in [0.05, 0.1) is 5.92 Å². The summed E-state index contributed by atoms with van der Waals surface area (Å²) in [5.41, 5.74) is 7.36. The minimum atomic E-state index is -0.233. The van der Waals surface area contributed by atoms with Crippen LogP contribution < -0.4 is 5.73 Å². The van der Waals surface area contributed by atoms with Gasteiger partial charge < -0.3 is 15.4 Å². The van der Waals surface area contributed by atoms with Crippen LogP contribution in [0.25, 0.3) is 0 Å². The van der Waals surface area contributed by atoms with Gasteiger partial charge in [-0.1, -0.05) is 12.1 Å². The van der Waals surface area contributed by atoms with Crippen molar-refractivity contribution in [1.82, 2.24) is 4.90 Å². The van der Waals surface area contributed by atoms with Crippen LogP contribution in [0.5, 0.6) is 0 Å². The van der Waals surface area contributed by atoms with E-state index in [1.165, 1.54) is 12.8 Å². The van der Waals surface area contributed by atoms with Gasteiger partial charge in [-0.15, -0.1) is 12.4 Å². The fraction of sp³-hybridized carbons (Fsp3) is 0.588. The van der Waals surface area contributed by atoms with Crippen LogP contribution in [0, 0.1) is 0 Å². The smallest absolute Gasteiger partial charge is 0.313 e. The van der Waals surface area contributed by atoms with Crippen molar-refractivity contribution in [2.45, 2.75) is 56.7 Å². The first-order valence-electron chi connectivity index (χ1n) is 7.82. The number of hydrogen-bond donors (Lipinski definition) is 1. The first-order valence-corrected chi connectivity index (χ1v) is 7.82. The third kappa shape index (κ3) is 3.39. The summed E-state index contributed by atoms with van der Waals surface area (Å²) in [6.45, 7) is 1.90. The molecule has 2 N–H and O–H groups in total.